The van der Waals surface area contributed by atoms with E-state index >= 15 is 0 Å². The van der Waals surface area contributed by atoms with Crippen LogP contribution >= 0.6 is 11.6 Å². The zero-order valence-corrected chi connectivity index (χ0v) is 14.1. The summed E-state index contributed by atoms with van der Waals surface area (Å²) in [4.78, 5) is 42.3. The van der Waals surface area contributed by atoms with Gasteiger partial charge < -0.3 is 14.9 Å². The summed E-state index contributed by atoms with van der Waals surface area (Å²) in [5, 5.41) is 30.4. The van der Waals surface area contributed by atoms with Crippen LogP contribution in [0, 0.1) is 0 Å². The van der Waals surface area contributed by atoms with Crippen molar-refractivity contribution in [1.82, 2.24) is 19.1 Å². The van der Waals surface area contributed by atoms with Gasteiger partial charge >= 0.3 is 17.8 Å². The van der Waals surface area contributed by atoms with Gasteiger partial charge in [-0.3, -0.25) is 14.2 Å². The first-order valence-corrected chi connectivity index (χ1v) is 7.77. The molecule has 3 heterocycles. The number of aromatic nitrogens is 4. The number of aliphatic hydroxyl groups excluding tert-OH is 2. The van der Waals surface area contributed by atoms with Gasteiger partial charge in [0.25, 0.3) is 5.56 Å². The predicted molar refractivity (Wildman–Crippen MR) is 80.3 cm³/mol. The second-order valence-electron chi connectivity index (χ2n) is 5.69. The molecule has 0 spiro atoms. The number of carbonyl (C=O) groups excluding carboxylic acids is 1. The van der Waals surface area contributed by atoms with Gasteiger partial charge in [-0.25, -0.2) is 14.9 Å². The van der Waals surface area contributed by atoms with Crippen molar-refractivity contribution >= 4 is 17.5 Å². The summed E-state index contributed by atoms with van der Waals surface area (Å²) in [6.07, 6.45) is -10.9. The zero-order valence-electron chi connectivity index (χ0n) is 13.3. The van der Waals surface area contributed by atoms with Crippen LogP contribution in [0.1, 0.15) is 11.0 Å². The van der Waals surface area contributed by atoms with E-state index in [1.807, 2.05) is 0 Å². The third-order valence-corrected chi connectivity index (χ3v) is 4.12. The average Bonchev–Trinajstić information content (AvgIpc) is 2.89. The number of fused-ring (bicyclic) bond motifs is 1. The quantitative estimate of drug-likeness (QED) is 0.608. The lowest BCUT2D eigenvalue weighted by molar-refractivity contribution is -0.0952. The fourth-order valence-electron chi connectivity index (χ4n) is 2.67. The molecule has 0 saturated carbocycles. The molecule has 1 saturated heterocycles. The first kappa shape index (κ1) is 20.3. The van der Waals surface area contributed by atoms with Gasteiger partial charge in [0.15, 0.2) is 17.7 Å². The minimum Gasteiger partial charge on any atom is -0.387 e. The maximum atomic E-state index is 12.6. The highest BCUT2D eigenvalue weighted by Gasteiger charge is 2.46. The minimum atomic E-state index is -5.54. The molecule has 2 N–H and O–H groups in total. The summed E-state index contributed by atoms with van der Waals surface area (Å²) in [5.41, 5.74) is -4.51. The number of nitrogens with zero attached hydrogens (tertiary/aromatic N) is 4. The van der Waals surface area contributed by atoms with Crippen LogP contribution in [0.5, 0.6) is 0 Å². The average molecular weight is 426 g/mol. The molecule has 0 aromatic heterocycles. The lowest BCUT2D eigenvalue weighted by Gasteiger charge is -2.22. The van der Waals surface area contributed by atoms with E-state index in [9.17, 15) is 42.9 Å². The Bertz CT molecular complexity index is 1020. The summed E-state index contributed by atoms with van der Waals surface area (Å²) in [5.74, 6) is -3.45. The van der Waals surface area contributed by atoms with Gasteiger partial charge in [0.1, 0.15) is 30.1 Å². The van der Waals surface area contributed by atoms with Crippen LogP contribution in [-0.2, 0) is 9.84 Å². The van der Waals surface area contributed by atoms with Gasteiger partial charge in [0.05, 0.1) is 0 Å². The van der Waals surface area contributed by atoms with Crippen LogP contribution < -0.4 is 11.2 Å². The monoisotopic (exact) mass is 425 g/mol. The number of rotatable bonds is 2. The lowest BCUT2D eigenvalue weighted by Crippen LogP contribution is -2.47. The summed E-state index contributed by atoms with van der Waals surface area (Å²) in [6.45, 7) is -0.945. The van der Waals surface area contributed by atoms with E-state index in [0.29, 0.717) is 0 Å². The third kappa shape index (κ3) is 3.18. The van der Waals surface area contributed by atoms with Crippen LogP contribution in [0.15, 0.2) is 15.8 Å². The van der Waals surface area contributed by atoms with Crippen LogP contribution in [0.25, 0.3) is 11.5 Å². The molecule has 0 amide bonds. The molecule has 3 rings (SSSR count). The lowest BCUT2D eigenvalue weighted by atomic mass is 10.1. The number of carbonyl (C=O) groups is 1. The van der Waals surface area contributed by atoms with E-state index in [1.165, 1.54) is 0 Å². The maximum absolute atomic E-state index is 12.6. The summed E-state index contributed by atoms with van der Waals surface area (Å²) in [6, 6.07) is 0. The number of ether oxygens (including phenoxy) is 1. The minimum absolute atomic E-state index is 0.494. The molecule has 0 bridgehead atoms. The maximum Gasteiger partial charge on any atom is 0.472 e. The second kappa shape index (κ2) is 6.89. The van der Waals surface area contributed by atoms with Gasteiger partial charge in [-0.2, -0.15) is 22.7 Å². The van der Waals surface area contributed by atoms with Crippen molar-refractivity contribution in [2.75, 3.05) is 6.61 Å². The smallest absolute Gasteiger partial charge is 0.387 e. The third-order valence-electron chi connectivity index (χ3n) is 3.94. The molecule has 15 heteroatoms. The largest absolute Gasteiger partial charge is 0.472 e. The summed E-state index contributed by atoms with van der Waals surface area (Å²) >= 11 is 5.74. The molecule has 0 unspecified atom stereocenters. The van der Waals surface area contributed by atoms with Crippen LogP contribution in [0.3, 0.4) is 0 Å². The zero-order chi connectivity index (χ0) is 21.0. The van der Waals surface area contributed by atoms with Crippen molar-refractivity contribution in [3.05, 3.63) is 32.2 Å². The number of aliphatic hydroxyl groups is 2. The Kier molecular flexibility index (Phi) is 5.01. The van der Waals surface area contributed by atoms with Crippen molar-refractivity contribution in [2.24, 2.45) is 0 Å². The standard InChI is InChI=1S/C13H9ClF3N4O7/c14-4-1-20(10-7(24)6(23)3(2-22)28-10)8-5(18-4)9(25)21(12(27)19-8)11(26)13(15,16)17/h1,3,6-7,10,23-24H,2H2/t3-,6-,7-,10+/m1/s1. The van der Waals surface area contributed by atoms with Gasteiger partial charge in [0.2, 0.25) is 0 Å². The Hall–Kier alpha value is -2.39. The molecule has 1 fully saturated rings. The van der Waals surface area contributed by atoms with Gasteiger partial charge in [-0.05, 0) is 0 Å². The fourth-order valence-corrected chi connectivity index (χ4v) is 2.86. The van der Waals surface area contributed by atoms with Crippen molar-refractivity contribution < 1.29 is 38.0 Å². The molecule has 1 radical (unpaired) electrons. The molecule has 11 nitrogen and oxygen atoms in total. The van der Waals surface area contributed by atoms with E-state index in [-0.39, 0.29) is 0 Å². The highest BCUT2D eigenvalue weighted by molar-refractivity contribution is 6.29. The van der Waals surface area contributed by atoms with Crippen molar-refractivity contribution in [3.8, 4) is 11.5 Å². The number of hydrogen-bond donors (Lipinski definition) is 2. The first-order valence-electron chi connectivity index (χ1n) is 7.40. The number of halogens is 4. The first-order chi connectivity index (χ1) is 13.0. The molecule has 4 atom stereocenters. The second-order valence-corrected chi connectivity index (χ2v) is 6.08. The molecular weight excluding hydrogens is 417 g/mol. The number of hydrogen-bond acceptors (Lipinski definition) is 8. The number of alkyl halides is 3. The van der Waals surface area contributed by atoms with Gasteiger partial charge in [-0.15, -0.1) is 0 Å². The van der Waals surface area contributed by atoms with E-state index in [2.05, 4.69) is 9.97 Å². The van der Waals surface area contributed by atoms with Gasteiger partial charge in [0, 0.05) is 6.20 Å². The molecule has 0 aromatic rings. The fraction of sp³-hybridized carbons (Fsp3) is 0.462. The molecule has 28 heavy (non-hydrogen) atoms. The SMILES string of the molecule is [O]C[C@H]1O[C@H](n2cc(Cl)nc3c(=O)n(C(=O)C(F)(F)F)c(=O)nc2-3)[C@H](O)[C@@H]1O. The molecular formula is C13H9ClF3N4O7. The van der Waals surface area contributed by atoms with Crippen LogP contribution in [0.4, 0.5) is 13.2 Å². The van der Waals surface area contributed by atoms with Gasteiger partial charge in [-0.1, -0.05) is 11.6 Å². The summed E-state index contributed by atoms with van der Waals surface area (Å²) in [7, 11) is 0. The molecule has 0 aliphatic carbocycles. The Morgan fingerprint density at radius 1 is 1.25 bits per heavy atom. The molecule has 151 valence electrons. The Morgan fingerprint density at radius 3 is 2.43 bits per heavy atom. The van der Waals surface area contributed by atoms with Crippen molar-refractivity contribution in [2.45, 2.75) is 30.7 Å². The summed E-state index contributed by atoms with van der Waals surface area (Å²) < 4.78 is 43.1. The van der Waals surface area contributed by atoms with Crippen molar-refractivity contribution in [3.63, 3.8) is 0 Å². The van der Waals surface area contributed by atoms with Crippen LogP contribution in [-0.4, -0.2) is 66.3 Å². The van der Waals surface area contributed by atoms with E-state index < -0.39 is 75.7 Å². The van der Waals surface area contributed by atoms with Crippen LogP contribution in [0.2, 0.25) is 5.15 Å². The van der Waals surface area contributed by atoms with Crippen molar-refractivity contribution in [1.29, 1.82) is 0 Å². The van der Waals surface area contributed by atoms with E-state index in [0.717, 1.165) is 10.8 Å². The Morgan fingerprint density at radius 2 is 1.89 bits per heavy atom. The Balaban J connectivity index is 2.25. The van der Waals surface area contributed by atoms with E-state index in [1.54, 1.807) is 0 Å². The molecule has 0 aromatic carbocycles. The normalized spacial score (nSPS) is 25.4. The molecule has 3 aliphatic rings. The predicted octanol–water partition coefficient (Wildman–Crippen LogP) is -1.19. The molecule has 3 aliphatic heterocycles. The highest BCUT2D eigenvalue weighted by atomic mass is 35.5. The topological polar surface area (TPSA) is 156 Å². The Labute approximate surface area is 156 Å². The van der Waals surface area contributed by atoms with E-state index in [4.69, 9.17) is 16.3 Å². The highest BCUT2D eigenvalue weighted by Crippen LogP contribution is 2.32.